The van der Waals surface area contributed by atoms with E-state index in [9.17, 15) is 13.5 Å². The van der Waals surface area contributed by atoms with Crippen molar-refractivity contribution in [2.75, 3.05) is 0 Å². The first-order chi connectivity index (χ1) is 6.05. The lowest BCUT2D eigenvalue weighted by Crippen LogP contribution is -1.95. The molecular formula is C8H5ClO3S. The van der Waals surface area contributed by atoms with Crippen LogP contribution in [0.15, 0.2) is 33.5 Å². The molecule has 0 aliphatic carbocycles. The lowest BCUT2D eigenvalue weighted by molar-refractivity contribution is 0.511. The van der Waals surface area contributed by atoms with Crippen LogP contribution in [0, 0.1) is 0 Å². The molecular weight excluding hydrogens is 212 g/mol. The van der Waals surface area contributed by atoms with Crippen molar-refractivity contribution in [2.24, 2.45) is 0 Å². The van der Waals surface area contributed by atoms with E-state index in [2.05, 4.69) is 0 Å². The molecule has 68 valence electrons. The SMILES string of the molecule is O=S1(=O)C(Cl)=C(O)c2ccccc21. The zero-order chi connectivity index (χ0) is 9.64. The van der Waals surface area contributed by atoms with Gasteiger partial charge in [-0.1, -0.05) is 23.7 Å². The minimum Gasteiger partial charge on any atom is -0.505 e. The molecule has 1 aromatic carbocycles. The van der Waals surface area contributed by atoms with Crippen molar-refractivity contribution in [3.8, 4) is 0 Å². The Hall–Kier alpha value is -1.00. The third-order valence-corrected chi connectivity index (χ3v) is 4.24. The second-order valence-corrected chi connectivity index (χ2v) is 5.08. The first-order valence-corrected chi connectivity index (χ1v) is 5.34. The fraction of sp³-hybridized carbons (Fsp3) is 0. The van der Waals surface area contributed by atoms with Gasteiger partial charge in [0.05, 0.1) is 4.90 Å². The molecule has 0 atom stereocenters. The third kappa shape index (κ3) is 0.990. The fourth-order valence-corrected chi connectivity index (χ4v) is 2.85. The number of fused-ring (bicyclic) bond motifs is 1. The van der Waals surface area contributed by atoms with Gasteiger partial charge in [-0.2, -0.15) is 0 Å². The molecule has 0 unspecified atom stereocenters. The number of benzene rings is 1. The zero-order valence-electron chi connectivity index (χ0n) is 6.36. The number of aliphatic hydroxyl groups is 1. The van der Waals surface area contributed by atoms with Gasteiger partial charge >= 0.3 is 0 Å². The minimum absolute atomic E-state index is 0.0671. The Morgan fingerprint density at radius 2 is 1.85 bits per heavy atom. The molecule has 1 aliphatic heterocycles. The Kier molecular flexibility index (Phi) is 1.65. The van der Waals surface area contributed by atoms with Crippen LogP contribution in [0.25, 0.3) is 5.76 Å². The van der Waals surface area contributed by atoms with Crippen molar-refractivity contribution in [3.63, 3.8) is 0 Å². The molecule has 13 heavy (non-hydrogen) atoms. The Morgan fingerprint density at radius 1 is 1.23 bits per heavy atom. The minimum atomic E-state index is -3.64. The molecule has 3 nitrogen and oxygen atoms in total. The summed E-state index contributed by atoms with van der Waals surface area (Å²) in [6, 6.07) is 6.15. The van der Waals surface area contributed by atoms with E-state index in [4.69, 9.17) is 11.6 Å². The van der Waals surface area contributed by atoms with Gasteiger partial charge < -0.3 is 5.11 Å². The average molecular weight is 217 g/mol. The van der Waals surface area contributed by atoms with Gasteiger partial charge in [0.25, 0.3) is 0 Å². The van der Waals surface area contributed by atoms with Gasteiger partial charge in [-0.3, -0.25) is 0 Å². The van der Waals surface area contributed by atoms with Gasteiger partial charge in [0, 0.05) is 5.56 Å². The first-order valence-electron chi connectivity index (χ1n) is 3.48. The summed E-state index contributed by atoms with van der Waals surface area (Å²) < 4.78 is 22.4. The van der Waals surface area contributed by atoms with Crippen molar-refractivity contribution < 1.29 is 13.5 Å². The highest BCUT2D eigenvalue weighted by atomic mass is 35.5. The Bertz CT molecular complexity index is 502. The number of aliphatic hydroxyl groups excluding tert-OH is 1. The van der Waals surface area contributed by atoms with E-state index in [1.807, 2.05) is 0 Å². The fourth-order valence-electron chi connectivity index (χ4n) is 1.23. The third-order valence-electron chi connectivity index (χ3n) is 1.85. The summed E-state index contributed by atoms with van der Waals surface area (Å²) in [7, 11) is -3.64. The topological polar surface area (TPSA) is 54.4 Å². The Labute approximate surface area is 80.2 Å². The molecule has 0 saturated carbocycles. The van der Waals surface area contributed by atoms with Crippen LogP contribution < -0.4 is 0 Å². The van der Waals surface area contributed by atoms with Crippen molar-refractivity contribution >= 4 is 27.2 Å². The molecule has 1 N–H and O–H groups in total. The maximum absolute atomic E-state index is 11.4. The van der Waals surface area contributed by atoms with E-state index in [1.54, 1.807) is 12.1 Å². The number of halogens is 1. The van der Waals surface area contributed by atoms with Gasteiger partial charge in [0.15, 0.2) is 10.1 Å². The maximum atomic E-state index is 11.4. The van der Waals surface area contributed by atoms with Crippen LogP contribution in [0.4, 0.5) is 0 Å². The molecule has 5 heteroatoms. The predicted molar refractivity (Wildman–Crippen MR) is 49.0 cm³/mol. The van der Waals surface area contributed by atoms with E-state index >= 15 is 0 Å². The molecule has 1 aromatic rings. The molecule has 0 fully saturated rings. The van der Waals surface area contributed by atoms with Crippen molar-refractivity contribution in [1.82, 2.24) is 0 Å². The number of hydrogen-bond donors (Lipinski definition) is 1. The second kappa shape index (κ2) is 2.49. The van der Waals surface area contributed by atoms with Crippen LogP contribution in [0.3, 0.4) is 0 Å². The van der Waals surface area contributed by atoms with Gasteiger partial charge in [-0.05, 0) is 12.1 Å². The monoisotopic (exact) mass is 216 g/mol. The molecule has 0 bridgehead atoms. The largest absolute Gasteiger partial charge is 0.505 e. The van der Waals surface area contributed by atoms with Gasteiger partial charge in [0.2, 0.25) is 9.84 Å². The number of hydrogen-bond acceptors (Lipinski definition) is 3. The summed E-state index contributed by atoms with van der Waals surface area (Å²) in [5.41, 5.74) is 0.271. The van der Waals surface area contributed by atoms with Gasteiger partial charge in [-0.25, -0.2) is 8.42 Å². The van der Waals surface area contributed by atoms with Crippen molar-refractivity contribution in [2.45, 2.75) is 4.90 Å². The summed E-state index contributed by atoms with van der Waals surface area (Å²) >= 11 is 5.46. The molecule has 1 heterocycles. The van der Waals surface area contributed by atoms with Crippen LogP contribution in [0.2, 0.25) is 0 Å². The standard InChI is InChI=1S/C8H5ClO3S/c9-8-7(10)5-3-1-2-4-6(5)13(8,11)12/h1-4,10H. The number of rotatable bonds is 0. The Morgan fingerprint density at radius 3 is 2.46 bits per heavy atom. The van der Waals surface area contributed by atoms with Gasteiger partial charge in [-0.15, -0.1) is 0 Å². The van der Waals surface area contributed by atoms with Crippen LogP contribution in [0.5, 0.6) is 0 Å². The summed E-state index contributed by atoms with van der Waals surface area (Å²) in [6.07, 6.45) is 0. The molecule has 0 amide bonds. The Balaban J connectivity index is 2.90. The van der Waals surface area contributed by atoms with Crippen LogP contribution in [-0.2, 0) is 9.84 Å². The highest BCUT2D eigenvalue weighted by Crippen LogP contribution is 2.39. The quantitative estimate of drug-likeness (QED) is 0.721. The second-order valence-electron chi connectivity index (χ2n) is 2.62. The van der Waals surface area contributed by atoms with E-state index in [-0.39, 0.29) is 16.2 Å². The van der Waals surface area contributed by atoms with E-state index < -0.39 is 14.2 Å². The van der Waals surface area contributed by atoms with Crippen molar-refractivity contribution in [1.29, 1.82) is 0 Å². The summed E-state index contributed by atoms with van der Waals surface area (Å²) in [6.45, 7) is 0. The van der Waals surface area contributed by atoms with Crippen LogP contribution in [-0.4, -0.2) is 13.5 Å². The molecule has 2 rings (SSSR count). The molecule has 1 aliphatic rings. The normalized spacial score (nSPS) is 18.8. The molecule has 0 saturated heterocycles. The first kappa shape index (κ1) is 8.59. The summed E-state index contributed by atoms with van der Waals surface area (Å²) in [4.78, 5) is 0.0671. The highest BCUT2D eigenvalue weighted by Gasteiger charge is 2.34. The predicted octanol–water partition coefficient (Wildman–Crippen LogP) is 1.90. The van der Waals surface area contributed by atoms with Crippen molar-refractivity contribution in [3.05, 3.63) is 34.2 Å². The van der Waals surface area contributed by atoms with E-state index in [0.29, 0.717) is 0 Å². The average Bonchev–Trinajstić information content (AvgIpc) is 2.30. The number of sulfone groups is 1. The lowest BCUT2D eigenvalue weighted by atomic mass is 10.2. The van der Waals surface area contributed by atoms with Gasteiger partial charge in [0.1, 0.15) is 0 Å². The maximum Gasteiger partial charge on any atom is 0.221 e. The summed E-state index contributed by atoms with van der Waals surface area (Å²) in [5, 5.41) is 9.35. The molecule has 0 spiro atoms. The van der Waals surface area contributed by atoms with Crippen LogP contribution >= 0.6 is 11.6 Å². The lowest BCUT2D eigenvalue weighted by Gasteiger charge is -1.95. The smallest absolute Gasteiger partial charge is 0.221 e. The zero-order valence-corrected chi connectivity index (χ0v) is 7.93. The highest BCUT2D eigenvalue weighted by molar-refractivity contribution is 7.97. The molecule has 0 aromatic heterocycles. The van der Waals surface area contributed by atoms with E-state index in [0.717, 1.165) is 0 Å². The summed E-state index contributed by atoms with van der Waals surface area (Å²) in [5.74, 6) is -0.364. The van der Waals surface area contributed by atoms with E-state index in [1.165, 1.54) is 12.1 Å². The van der Waals surface area contributed by atoms with Crippen LogP contribution in [0.1, 0.15) is 5.56 Å². The molecule has 0 radical (unpaired) electrons.